The Labute approximate surface area is 114 Å². The number of nitrogens with zero attached hydrogens (tertiary/aromatic N) is 2. The van der Waals surface area contributed by atoms with E-state index in [1.165, 1.54) is 5.56 Å². The van der Waals surface area contributed by atoms with Gasteiger partial charge in [-0.05, 0) is 36.0 Å². The normalized spacial score (nSPS) is 13.5. The molecule has 0 aliphatic rings. The van der Waals surface area contributed by atoms with Gasteiger partial charge in [0.1, 0.15) is 0 Å². The first kappa shape index (κ1) is 13.3. The second-order valence-corrected chi connectivity index (χ2v) is 4.72. The highest BCUT2D eigenvalue weighted by Crippen LogP contribution is 2.31. The van der Waals surface area contributed by atoms with Crippen LogP contribution in [0.3, 0.4) is 0 Å². The molecular formula is C17H18N2. The Balaban J connectivity index is 2.16. The fourth-order valence-corrected chi connectivity index (χ4v) is 2.39. The third kappa shape index (κ3) is 3.42. The van der Waals surface area contributed by atoms with Crippen molar-refractivity contribution in [3.63, 3.8) is 0 Å². The third-order valence-electron chi connectivity index (χ3n) is 3.53. The van der Waals surface area contributed by atoms with E-state index >= 15 is 0 Å². The molecule has 1 heterocycles. The molecule has 0 aliphatic heterocycles. The quantitative estimate of drug-likeness (QED) is 0.794. The molecule has 0 N–H and O–H groups in total. The number of nitriles is 1. The van der Waals surface area contributed by atoms with Crippen LogP contribution in [0.15, 0.2) is 54.9 Å². The lowest BCUT2D eigenvalue weighted by Crippen LogP contribution is -2.05. The van der Waals surface area contributed by atoms with E-state index in [1.54, 1.807) is 12.4 Å². The second-order valence-electron chi connectivity index (χ2n) is 4.72. The minimum absolute atomic E-state index is 0.0844. The fraction of sp³-hybridized carbons (Fsp3) is 0.294. The summed E-state index contributed by atoms with van der Waals surface area (Å²) in [7, 11) is 0. The molecule has 2 atom stereocenters. The van der Waals surface area contributed by atoms with Gasteiger partial charge in [0.15, 0.2) is 0 Å². The molecule has 2 aromatic rings. The Morgan fingerprint density at radius 1 is 1.11 bits per heavy atom. The Morgan fingerprint density at radius 2 is 1.84 bits per heavy atom. The molecule has 19 heavy (non-hydrogen) atoms. The maximum Gasteiger partial charge on any atom is 0.0733 e. The number of pyridine rings is 1. The molecule has 0 radical (unpaired) electrons. The van der Waals surface area contributed by atoms with E-state index in [0.29, 0.717) is 5.92 Å². The van der Waals surface area contributed by atoms with Crippen molar-refractivity contribution < 1.29 is 0 Å². The Hall–Kier alpha value is -2.14. The lowest BCUT2D eigenvalue weighted by molar-refractivity contribution is 0.575. The molecule has 2 heteroatoms. The SMILES string of the molecule is CC[C@@H](C[C@@H](C#N)c1cccnc1)c1ccccc1. The van der Waals surface area contributed by atoms with Gasteiger partial charge in [-0.15, -0.1) is 0 Å². The van der Waals surface area contributed by atoms with E-state index in [-0.39, 0.29) is 5.92 Å². The van der Waals surface area contributed by atoms with Crippen molar-refractivity contribution in [3.05, 3.63) is 66.0 Å². The van der Waals surface area contributed by atoms with Crippen LogP contribution in [0.2, 0.25) is 0 Å². The van der Waals surface area contributed by atoms with Gasteiger partial charge < -0.3 is 0 Å². The summed E-state index contributed by atoms with van der Waals surface area (Å²) in [5, 5.41) is 9.39. The van der Waals surface area contributed by atoms with Gasteiger partial charge in [0.25, 0.3) is 0 Å². The highest BCUT2D eigenvalue weighted by atomic mass is 14.6. The predicted molar refractivity (Wildman–Crippen MR) is 76.7 cm³/mol. The van der Waals surface area contributed by atoms with Gasteiger partial charge in [-0.2, -0.15) is 5.26 Å². The van der Waals surface area contributed by atoms with Crippen LogP contribution < -0.4 is 0 Å². The summed E-state index contributed by atoms with van der Waals surface area (Å²) in [4.78, 5) is 4.11. The van der Waals surface area contributed by atoms with E-state index in [2.05, 4.69) is 42.2 Å². The molecule has 0 aliphatic carbocycles. The number of rotatable bonds is 5. The average Bonchev–Trinajstić information content (AvgIpc) is 2.50. The van der Waals surface area contributed by atoms with E-state index in [1.807, 2.05) is 18.2 Å². The van der Waals surface area contributed by atoms with E-state index in [4.69, 9.17) is 0 Å². The third-order valence-corrected chi connectivity index (χ3v) is 3.53. The van der Waals surface area contributed by atoms with Crippen molar-refractivity contribution in [2.45, 2.75) is 31.6 Å². The molecule has 96 valence electrons. The Morgan fingerprint density at radius 3 is 2.42 bits per heavy atom. The minimum Gasteiger partial charge on any atom is -0.264 e. The Bertz CT molecular complexity index is 528. The summed E-state index contributed by atoms with van der Waals surface area (Å²) in [5.74, 6) is 0.338. The first-order valence-electron chi connectivity index (χ1n) is 6.69. The molecule has 1 aromatic heterocycles. The number of hydrogen-bond acceptors (Lipinski definition) is 2. The summed E-state index contributed by atoms with van der Waals surface area (Å²) < 4.78 is 0. The lowest BCUT2D eigenvalue weighted by Gasteiger charge is -2.18. The van der Waals surface area contributed by atoms with E-state index in [0.717, 1.165) is 18.4 Å². The summed E-state index contributed by atoms with van der Waals surface area (Å²) in [5.41, 5.74) is 2.33. The fourth-order valence-electron chi connectivity index (χ4n) is 2.39. The van der Waals surface area contributed by atoms with Crippen LogP contribution in [-0.4, -0.2) is 4.98 Å². The molecule has 0 saturated carbocycles. The zero-order valence-corrected chi connectivity index (χ0v) is 11.2. The maximum absolute atomic E-state index is 9.39. The van der Waals surface area contributed by atoms with Gasteiger partial charge in [-0.3, -0.25) is 4.98 Å². The molecule has 0 saturated heterocycles. The molecule has 0 amide bonds. The van der Waals surface area contributed by atoms with Gasteiger partial charge in [-0.1, -0.05) is 43.3 Å². The van der Waals surface area contributed by atoms with Crippen LogP contribution in [0.25, 0.3) is 0 Å². The van der Waals surface area contributed by atoms with Crippen LogP contribution in [0.4, 0.5) is 0 Å². The zero-order valence-electron chi connectivity index (χ0n) is 11.2. The maximum atomic E-state index is 9.39. The molecular weight excluding hydrogens is 232 g/mol. The molecule has 0 unspecified atom stereocenters. The lowest BCUT2D eigenvalue weighted by atomic mass is 9.85. The van der Waals surface area contributed by atoms with Gasteiger partial charge in [0, 0.05) is 12.4 Å². The first-order valence-corrected chi connectivity index (χ1v) is 6.69. The van der Waals surface area contributed by atoms with Gasteiger partial charge in [0.05, 0.1) is 12.0 Å². The van der Waals surface area contributed by atoms with Gasteiger partial charge in [-0.25, -0.2) is 0 Å². The van der Waals surface area contributed by atoms with Crippen molar-refractivity contribution in [3.8, 4) is 6.07 Å². The van der Waals surface area contributed by atoms with Crippen molar-refractivity contribution in [2.75, 3.05) is 0 Å². The highest BCUT2D eigenvalue weighted by Gasteiger charge is 2.18. The van der Waals surface area contributed by atoms with Crippen LogP contribution in [0, 0.1) is 11.3 Å². The van der Waals surface area contributed by atoms with Crippen LogP contribution in [0.1, 0.15) is 42.7 Å². The largest absolute Gasteiger partial charge is 0.264 e. The molecule has 2 nitrogen and oxygen atoms in total. The van der Waals surface area contributed by atoms with Crippen LogP contribution in [0.5, 0.6) is 0 Å². The first-order chi connectivity index (χ1) is 9.35. The summed E-state index contributed by atoms with van der Waals surface area (Å²) in [6.45, 7) is 2.18. The van der Waals surface area contributed by atoms with Gasteiger partial charge >= 0.3 is 0 Å². The monoisotopic (exact) mass is 250 g/mol. The number of aromatic nitrogens is 1. The van der Waals surface area contributed by atoms with E-state index < -0.39 is 0 Å². The van der Waals surface area contributed by atoms with Gasteiger partial charge in [0.2, 0.25) is 0 Å². The molecule has 0 spiro atoms. The van der Waals surface area contributed by atoms with Crippen LogP contribution >= 0.6 is 0 Å². The topological polar surface area (TPSA) is 36.7 Å². The number of benzene rings is 1. The van der Waals surface area contributed by atoms with Crippen molar-refractivity contribution in [2.24, 2.45) is 0 Å². The van der Waals surface area contributed by atoms with Crippen molar-refractivity contribution >= 4 is 0 Å². The minimum atomic E-state index is -0.0844. The zero-order chi connectivity index (χ0) is 13.5. The predicted octanol–water partition coefficient (Wildman–Crippen LogP) is 4.27. The summed E-state index contributed by atoms with van der Waals surface area (Å²) in [6, 6.07) is 16.7. The van der Waals surface area contributed by atoms with E-state index in [9.17, 15) is 5.26 Å². The summed E-state index contributed by atoms with van der Waals surface area (Å²) in [6.07, 6.45) is 5.43. The number of hydrogen-bond donors (Lipinski definition) is 0. The van der Waals surface area contributed by atoms with Crippen molar-refractivity contribution in [1.29, 1.82) is 5.26 Å². The summed E-state index contributed by atoms with van der Waals surface area (Å²) >= 11 is 0. The van der Waals surface area contributed by atoms with Crippen LogP contribution in [-0.2, 0) is 0 Å². The second kappa shape index (κ2) is 6.70. The smallest absolute Gasteiger partial charge is 0.0733 e. The van der Waals surface area contributed by atoms with Crippen molar-refractivity contribution in [1.82, 2.24) is 4.98 Å². The molecule has 2 rings (SSSR count). The average molecular weight is 250 g/mol. The highest BCUT2D eigenvalue weighted by molar-refractivity contribution is 5.25. The Kier molecular flexibility index (Phi) is 4.69. The molecule has 1 aromatic carbocycles. The standard InChI is InChI=1S/C17H18N2/c1-2-14(15-7-4-3-5-8-15)11-17(12-18)16-9-6-10-19-13-16/h3-10,13-14,17H,2,11H2,1H3/t14-,17-/m0/s1. The molecule has 0 fully saturated rings. The molecule has 0 bridgehead atoms.